The first-order valence-corrected chi connectivity index (χ1v) is 8.66. The lowest BCUT2D eigenvalue weighted by molar-refractivity contribution is -0.462. The minimum absolute atomic E-state index is 0.0278. The average molecular weight is 332 g/mol. The molecule has 25 heavy (non-hydrogen) atoms. The van der Waals surface area contributed by atoms with Crippen LogP contribution in [0, 0.1) is 5.41 Å². The number of nitrogens with zero attached hydrogens (tertiary/aromatic N) is 1. The Kier molecular flexibility index (Phi) is 4.63. The SMILES string of the molecule is C[N+](C)=C1C=CC(=CC=C2C=C(C(C)(C)C)Oc3ccccc32)C=C1. The predicted octanol–water partition coefficient (Wildman–Crippen LogP) is 5.16. The molecule has 1 aromatic carbocycles. The summed E-state index contributed by atoms with van der Waals surface area (Å²) in [6.45, 7) is 6.52. The summed E-state index contributed by atoms with van der Waals surface area (Å²) < 4.78 is 8.23. The molecule has 0 N–H and O–H groups in total. The first-order chi connectivity index (χ1) is 11.8. The van der Waals surface area contributed by atoms with Gasteiger partial charge in [0.2, 0.25) is 0 Å². The number of fused-ring (bicyclic) bond motifs is 1. The minimum Gasteiger partial charge on any atom is -0.461 e. The molecule has 1 heterocycles. The highest BCUT2D eigenvalue weighted by Gasteiger charge is 2.25. The second-order valence-electron chi connectivity index (χ2n) is 7.63. The van der Waals surface area contributed by atoms with Gasteiger partial charge in [0.05, 0.1) is 0 Å². The maximum absolute atomic E-state index is 6.12. The molecular formula is C23H26NO+. The van der Waals surface area contributed by atoms with Crippen LogP contribution in [0.2, 0.25) is 0 Å². The van der Waals surface area contributed by atoms with Crippen molar-refractivity contribution in [1.82, 2.24) is 0 Å². The Bertz CT molecular complexity index is 846. The first-order valence-electron chi connectivity index (χ1n) is 8.66. The van der Waals surface area contributed by atoms with Crippen molar-refractivity contribution in [3.05, 3.63) is 83.7 Å². The number of allylic oxidation sites excluding steroid dienone is 10. The van der Waals surface area contributed by atoms with E-state index in [4.69, 9.17) is 4.74 Å². The van der Waals surface area contributed by atoms with Gasteiger partial charge in [-0.25, -0.2) is 4.58 Å². The quantitative estimate of drug-likeness (QED) is 0.647. The maximum atomic E-state index is 6.12. The van der Waals surface area contributed by atoms with Gasteiger partial charge in [-0.3, -0.25) is 0 Å². The summed E-state index contributed by atoms with van der Waals surface area (Å²) in [5.74, 6) is 1.92. The topological polar surface area (TPSA) is 12.2 Å². The molecule has 3 rings (SSSR count). The molecule has 2 nitrogen and oxygen atoms in total. The van der Waals surface area contributed by atoms with E-state index >= 15 is 0 Å². The number of benzene rings is 1. The maximum Gasteiger partial charge on any atom is 0.199 e. The van der Waals surface area contributed by atoms with E-state index in [0.717, 1.165) is 17.1 Å². The molecule has 0 aromatic heterocycles. The summed E-state index contributed by atoms with van der Waals surface area (Å²) in [4.78, 5) is 0. The number of hydrogen-bond donors (Lipinski definition) is 0. The molecule has 0 atom stereocenters. The van der Waals surface area contributed by atoms with E-state index in [1.165, 1.54) is 16.9 Å². The molecule has 0 radical (unpaired) electrons. The van der Waals surface area contributed by atoms with Gasteiger partial charge in [0.1, 0.15) is 25.6 Å². The Balaban J connectivity index is 1.98. The predicted molar refractivity (Wildman–Crippen MR) is 106 cm³/mol. The Labute approximate surface area is 150 Å². The Morgan fingerprint density at radius 2 is 1.60 bits per heavy atom. The molecule has 0 amide bonds. The zero-order valence-electron chi connectivity index (χ0n) is 15.7. The van der Waals surface area contributed by atoms with Crippen LogP contribution < -0.4 is 4.74 Å². The Hall–Kier alpha value is -2.61. The van der Waals surface area contributed by atoms with Crippen molar-refractivity contribution in [3.8, 4) is 5.75 Å². The van der Waals surface area contributed by atoms with Crippen LogP contribution in [0.5, 0.6) is 5.75 Å². The second-order valence-corrected chi connectivity index (χ2v) is 7.63. The minimum atomic E-state index is -0.0278. The second kappa shape index (κ2) is 6.72. The molecule has 2 heteroatoms. The normalized spacial score (nSPS) is 18.0. The molecule has 0 spiro atoms. The van der Waals surface area contributed by atoms with E-state index in [0.29, 0.717) is 0 Å². The van der Waals surface area contributed by atoms with Gasteiger partial charge >= 0.3 is 0 Å². The zero-order valence-corrected chi connectivity index (χ0v) is 15.7. The standard InChI is InChI=1S/C23H26NO/c1-23(2,3)22-16-18(20-8-6-7-9-21(20)25-22)13-10-17-11-14-19(15-12-17)24(4)5/h6-16H,1-5H3/q+1. The van der Waals surface area contributed by atoms with Crippen molar-refractivity contribution in [2.75, 3.05) is 14.1 Å². The highest BCUT2D eigenvalue weighted by Crippen LogP contribution is 2.39. The third kappa shape index (κ3) is 3.90. The molecule has 128 valence electrons. The van der Waals surface area contributed by atoms with Crippen LogP contribution in [0.4, 0.5) is 0 Å². The summed E-state index contributed by atoms with van der Waals surface area (Å²) in [7, 11) is 4.11. The molecule has 0 unspecified atom stereocenters. The van der Waals surface area contributed by atoms with E-state index in [1.54, 1.807) is 0 Å². The fourth-order valence-electron chi connectivity index (χ4n) is 2.74. The smallest absolute Gasteiger partial charge is 0.199 e. The number of para-hydroxylation sites is 1. The molecule has 0 saturated heterocycles. The summed E-state index contributed by atoms with van der Waals surface area (Å²) in [6, 6.07) is 8.22. The molecule has 2 aliphatic rings. The lowest BCUT2D eigenvalue weighted by Crippen LogP contribution is -2.18. The van der Waals surface area contributed by atoms with Crippen LogP contribution in [-0.4, -0.2) is 24.4 Å². The summed E-state index contributed by atoms with van der Waals surface area (Å²) in [5, 5.41) is 0. The molecular weight excluding hydrogens is 306 g/mol. The van der Waals surface area contributed by atoms with Gasteiger partial charge in [0.15, 0.2) is 5.71 Å². The van der Waals surface area contributed by atoms with E-state index < -0.39 is 0 Å². The van der Waals surface area contributed by atoms with Gasteiger partial charge in [-0.05, 0) is 35.4 Å². The first kappa shape index (κ1) is 17.2. The van der Waals surface area contributed by atoms with Gasteiger partial charge in [-0.15, -0.1) is 0 Å². The molecule has 1 aromatic rings. The van der Waals surface area contributed by atoms with Crippen LogP contribution in [0.3, 0.4) is 0 Å². The summed E-state index contributed by atoms with van der Waals surface area (Å²) in [6.07, 6.45) is 15.1. The van der Waals surface area contributed by atoms with Crippen molar-refractivity contribution in [2.45, 2.75) is 20.8 Å². The average Bonchev–Trinajstić information content (AvgIpc) is 2.59. The summed E-state index contributed by atoms with van der Waals surface area (Å²) in [5.41, 5.74) is 4.68. The van der Waals surface area contributed by atoms with Crippen molar-refractivity contribution in [1.29, 1.82) is 0 Å². The van der Waals surface area contributed by atoms with Gasteiger partial charge in [0, 0.05) is 23.1 Å². The lowest BCUT2D eigenvalue weighted by atomic mass is 9.89. The highest BCUT2D eigenvalue weighted by molar-refractivity contribution is 6.02. The van der Waals surface area contributed by atoms with E-state index in [1.807, 2.05) is 12.1 Å². The monoisotopic (exact) mass is 332 g/mol. The molecule has 0 bridgehead atoms. The molecule has 0 fully saturated rings. The Morgan fingerprint density at radius 1 is 0.920 bits per heavy atom. The van der Waals surface area contributed by atoms with Crippen molar-refractivity contribution in [2.24, 2.45) is 5.41 Å². The molecule has 0 saturated carbocycles. The van der Waals surface area contributed by atoms with Crippen molar-refractivity contribution < 1.29 is 9.31 Å². The van der Waals surface area contributed by atoms with Gasteiger partial charge in [0.25, 0.3) is 0 Å². The highest BCUT2D eigenvalue weighted by atomic mass is 16.5. The van der Waals surface area contributed by atoms with E-state index in [2.05, 4.69) is 94.1 Å². The number of hydrogen-bond acceptors (Lipinski definition) is 1. The zero-order chi connectivity index (χ0) is 18.0. The van der Waals surface area contributed by atoms with Gasteiger partial charge in [-0.2, -0.15) is 0 Å². The molecule has 1 aliphatic heterocycles. The Morgan fingerprint density at radius 3 is 2.24 bits per heavy atom. The number of rotatable bonds is 1. The fourth-order valence-corrected chi connectivity index (χ4v) is 2.74. The van der Waals surface area contributed by atoms with E-state index in [9.17, 15) is 0 Å². The summed E-state index contributed by atoms with van der Waals surface area (Å²) >= 11 is 0. The van der Waals surface area contributed by atoms with Gasteiger partial charge < -0.3 is 4.74 Å². The fraction of sp³-hybridized carbons (Fsp3) is 0.261. The van der Waals surface area contributed by atoms with Crippen molar-refractivity contribution >= 4 is 11.3 Å². The van der Waals surface area contributed by atoms with Crippen LogP contribution in [0.15, 0.2) is 78.1 Å². The van der Waals surface area contributed by atoms with Crippen LogP contribution in [0.1, 0.15) is 26.3 Å². The largest absolute Gasteiger partial charge is 0.461 e. The van der Waals surface area contributed by atoms with Crippen LogP contribution >= 0.6 is 0 Å². The third-order valence-electron chi connectivity index (χ3n) is 4.31. The third-order valence-corrected chi connectivity index (χ3v) is 4.31. The van der Waals surface area contributed by atoms with Crippen molar-refractivity contribution in [3.63, 3.8) is 0 Å². The number of ether oxygens (including phenoxy) is 1. The van der Waals surface area contributed by atoms with E-state index in [-0.39, 0.29) is 5.41 Å². The lowest BCUT2D eigenvalue weighted by Gasteiger charge is -2.28. The molecule has 1 aliphatic carbocycles. The van der Waals surface area contributed by atoms with Crippen LogP contribution in [0.25, 0.3) is 5.57 Å². The van der Waals surface area contributed by atoms with Crippen LogP contribution in [-0.2, 0) is 0 Å². The van der Waals surface area contributed by atoms with Gasteiger partial charge in [-0.1, -0.05) is 51.1 Å².